The number of nitrogens with one attached hydrogen (secondary N) is 1. The number of carbonyl (C=O) groups excluding carboxylic acids is 2. The van der Waals surface area contributed by atoms with Crippen molar-refractivity contribution in [2.24, 2.45) is 0 Å². The summed E-state index contributed by atoms with van der Waals surface area (Å²) in [5.41, 5.74) is -0.121. The van der Waals surface area contributed by atoms with Crippen LogP contribution in [0.3, 0.4) is 0 Å². The van der Waals surface area contributed by atoms with Crippen LogP contribution in [0.4, 0.5) is 18.9 Å². The summed E-state index contributed by atoms with van der Waals surface area (Å²) in [6.07, 6.45) is -0.743. The second kappa shape index (κ2) is 10.5. The maximum atomic E-state index is 13.7. The molecule has 33 heavy (non-hydrogen) atoms. The first-order valence-corrected chi connectivity index (χ1v) is 11.5. The topological polar surface area (TPSA) is 67.9 Å². The molecule has 1 N–H and O–H groups in total. The molecule has 0 saturated heterocycles. The highest BCUT2D eigenvalue weighted by Gasteiger charge is 2.48. The average Bonchev–Trinajstić information content (AvgIpc) is 3.21. The number of thiophene rings is 1. The van der Waals surface area contributed by atoms with Gasteiger partial charge in [-0.05, 0) is 44.0 Å². The molecule has 0 bridgehead atoms. The SMILES string of the molecule is COc1ccc(N(C(=O)C(F)(F)F)[C@H](C(=O)NC2CCCCC2)c2ccc(C)s2)cc1OC. The Hall–Kier alpha value is -2.75. The van der Waals surface area contributed by atoms with Crippen molar-refractivity contribution < 1.29 is 32.2 Å². The lowest BCUT2D eigenvalue weighted by Crippen LogP contribution is -2.50. The van der Waals surface area contributed by atoms with Gasteiger partial charge in [0.25, 0.3) is 0 Å². The van der Waals surface area contributed by atoms with Gasteiger partial charge in [0, 0.05) is 27.5 Å². The molecule has 1 heterocycles. The van der Waals surface area contributed by atoms with Crippen LogP contribution in [-0.2, 0) is 9.59 Å². The molecule has 2 amide bonds. The zero-order valence-corrected chi connectivity index (χ0v) is 19.5. The first kappa shape index (κ1) is 24.9. The minimum atomic E-state index is -5.19. The molecule has 1 aliphatic carbocycles. The number of nitrogens with zero attached hydrogens (tertiary/aromatic N) is 1. The predicted octanol–water partition coefficient (Wildman–Crippen LogP) is 5.16. The molecule has 1 atom stereocenters. The molecule has 1 fully saturated rings. The van der Waals surface area contributed by atoms with Crippen LogP contribution in [0.15, 0.2) is 30.3 Å². The van der Waals surface area contributed by atoms with E-state index >= 15 is 0 Å². The number of anilines is 1. The quantitative estimate of drug-likeness (QED) is 0.590. The second-order valence-electron chi connectivity index (χ2n) is 7.91. The lowest BCUT2D eigenvalue weighted by Gasteiger charge is -2.33. The number of aryl methyl sites for hydroxylation is 1. The van der Waals surface area contributed by atoms with E-state index in [4.69, 9.17) is 9.47 Å². The van der Waals surface area contributed by atoms with Crippen LogP contribution in [0.5, 0.6) is 11.5 Å². The van der Waals surface area contributed by atoms with Gasteiger partial charge in [0.15, 0.2) is 17.5 Å². The maximum absolute atomic E-state index is 13.7. The van der Waals surface area contributed by atoms with Gasteiger partial charge in [-0.15, -0.1) is 11.3 Å². The molecule has 180 valence electrons. The van der Waals surface area contributed by atoms with Crippen molar-refractivity contribution in [1.82, 2.24) is 5.32 Å². The molecule has 1 aromatic heterocycles. The number of halogens is 3. The number of methoxy groups -OCH3 is 2. The van der Waals surface area contributed by atoms with E-state index in [-0.39, 0.29) is 23.2 Å². The van der Waals surface area contributed by atoms with Gasteiger partial charge in [-0.1, -0.05) is 19.3 Å². The standard InChI is InChI=1S/C23H27F3N2O4S/c1-14-9-12-19(33-14)20(21(29)27-15-7-5-4-6-8-15)28(22(30)23(24,25)26)16-10-11-17(31-2)18(13-16)32-3/h9-13,15,20H,4-8H2,1-3H3,(H,27,29)/t20-/m0/s1. The minimum Gasteiger partial charge on any atom is -0.493 e. The van der Waals surface area contributed by atoms with Crippen LogP contribution in [0.1, 0.15) is 47.9 Å². The summed E-state index contributed by atoms with van der Waals surface area (Å²) in [6.45, 7) is 1.79. The van der Waals surface area contributed by atoms with E-state index in [0.717, 1.165) is 37.0 Å². The molecule has 1 aliphatic rings. The lowest BCUT2D eigenvalue weighted by molar-refractivity contribution is -0.171. The van der Waals surface area contributed by atoms with Crippen LogP contribution < -0.4 is 19.7 Å². The number of ether oxygens (including phenoxy) is 2. The van der Waals surface area contributed by atoms with Crippen molar-refractivity contribution in [3.8, 4) is 11.5 Å². The fraction of sp³-hybridized carbons (Fsp3) is 0.478. The van der Waals surface area contributed by atoms with E-state index in [2.05, 4.69) is 5.32 Å². The Bertz CT molecular complexity index is 986. The van der Waals surface area contributed by atoms with E-state index < -0.39 is 24.0 Å². The Morgan fingerprint density at radius 1 is 1.06 bits per heavy atom. The lowest BCUT2D eigenvalue weighted by atomic mass is 9.95. The number of benzene rings is 1. The summed E-state index contributed by atoms with van der Waals surface area (Å²) in [7, 11) is 2.73. The molecule has 10 heteroatoms. The van der Waals surface area contributed by atoms with Gasteiger partial charge in [-0.3, -0.25) is 14.5 Å². The van der Waals surface area contributed by atoms with Crippen LogP contribution >= 0.6 is 11.3 Å². The fourth-order valence-electron chi connectivity index (χ4n) is 4.00. The Kier molecular flexibility index (Phi) is 7.88. The Morgan fingerprint density at radius 2 is 1.73 bits per heavy atom. The molecule has 2 aromatic rings. The van der Waals surface area contributed by atoms with Gasteiger partial charge in [-0.2, -0.15) is 13.2 Å². The van der Waals surface area contributed by atoms with Gasteiger partial charge < -0.3 is 14.8 Å². The van der Waals surface area contributed by atoms with Crippen LogP contribution in [0.2, 0.25) is 0 Å². The van der Waals surface area contributed by atoms with Crippen LogP contribution in [0, 0.1) is 6.92 Å². The molecule has 0 spiro atoms. The maximum Gasteiger partial charge on any atom is 0.471 e. The van der Waals surface area contributed by atoms with Gasteiger partial charge in [0.05, 0.1) is 14.2 Å². The minimum absolute atomic E-state index is 0.121. The summed E-state index contributed by atoms with van der Waals surface area (Å²) >= 11 is 1.18. The van der Waals surface area contributed by atoms with Crippen molar-refractivity contribution in [2.45, 2.75) is 57.3 Å². The fourth-order valence-corrected chi connectivity index (χ4v) is 4.96. The summed E-state index contributed by atoms with van der Waals surface area (Å²) in [5.74, 6) is -2.35. The monoisotopic (exact) mass is 484 g/mol. The number of hydrogen-bond donors (Lipinski definition) is 1. The predicted molar refractivity (Wildman–Crippen MR) is 120 cm³/mol. The van der Waals surface area contributed by atoms with E-state index in [1.807, 2.05) is 0 Å². The molecule has 0 unspecified atom stereocenters. The number of amides is 2. The smallest absolute Gasteiger partial charge is 0.471 e. The highest BCUT2D eigenvalue weighted by atomic mass is 32.1. The van der Waals surface area contributed by atoms with Crippen molar-refractivity contribution in [2.75, 3.05) is 19.1 Å². The zero-order valence-electron chi connectivity index (χ0n) is 18.7. The molecular weight excluding hydrogens is 457 g/mol. The van der Waals surface area contributed by atoms with Crippen molar-refractivity contribution in [3.05, 3.63) is 40.1 Å². The third-order valence-electron chi connectivity index (χ3n) is 5.60. The number of rotatable bonds is 7. The molecule has 0 aliphatic heterocycles. The highest BCUT2D eigenvalue weighted by molar-refractivity contribution is 7.12. The number of alkyl halides is 3. The van der Waals surface area contributed by atoms with Gasteiger partial charge in [0.1, 0.15) is 0 Å². The summed E-state index contributed by atoms with van der Waals surface area (Å²) in [4.78, 5) is 27.8. The van der Waals surface area contributed by atoms with Crippen LogP contribution in [-0.4, -0.2) is 38.3 Å². The van der Waals surface area contributed by atoms with Crippen molar-refractivity contribution in [1.29, 1.82) is 0 Å². The summed E-state index contributed by atoms with van der Waals surface area (Å²) < 4.78 is 51.6. The van der Waals surface area contributed by atoms with Crippen molar-refractivity contribution in [3.63, 3.8) is 0 Å². The molecule has 6 nitrogen and oxygen atoms in total. The average molecular weight is 485 g/mol. The first-order valence-electron chi connectivity index (χ1n) is 10.6. The van der Waals surface area contributed by atoms with E-state index in [9.17, 15) is 22.8 Å². The van der Waals surface area contributed by atoms with Crippen LogP contribution in [0.25, 0.3) is 0 Å². The highest BCUT2D eigenvalue weighted by Crippen LogP contribution is 2.39. The van der Waals surface area contributed by atoms with Gasteiger partial charge in [0.2, 0.25) is 5.91 Å². The Morgan fingerprint density at radius 3 is 2.27 bits per heavy atom. The molecule has 0 radical (unpaired) electrons. The molecule has 1 aromatic carbocycles. The largest absolute Gasteiger partial charge is 0.493 e. The zero-order chi connectivity index (χ0) is 24.2. The normalized spacial score (nSPS) is 15.6. The van der Waals surface area contributed by atoms with E-state index in [1.165, 1.54) is 43.8 Å². The third kappa shape index (κ3) is 5.79. The molecular formula is C23H27F3N2O4S. The number of carbonyl (C=O) groups is 2. The molecule has 3 rings (SSSR count). The first-order chi connectivity index (χ1) is 15.7. The second-order valence-corrected chi connectivity index (χ2v) is 9.23. The van der Waals surface area contributed by atoms with E-state index in [1.54, 1.807) is 19.1 Å². The van der Waals surface area contributed by atoms with Gasteiger partial charge in [-0.25, -0.2) is 0 Å². The van der Waals surface area contributed by atoms with Gasteiger partial charge >= 0.3 is 12.1 Å². The third-order valence-corrected chi connectivity index (χ3v) is 6.65. The van der Waals surface area contributed by atoms with Crippen molar-refractivity contribution >= 4 is 28.8 Å². The van der Waals surface area contributed by atoms with E-state index in [0.29, 0.717) is 9.78 Å². The molecule has 1 saturated carbocycles. The Balaban J connectivity index is 2.11. The summed E-state index contributed by atoms with van der Waals surface area (Å²) in [6, 6.07) is 5.66. The number of hydrogen-bond acceptors (Lipinski definition) is 5. The summed E-state index contributed by atoms with van der Waals surface area (Å²) in [5, 5.41) is 2.88. The Labute approximate surface area is 194 Å².